The highest BCUT2D eigenvalue weighted by atomic mass is 19.4. The summed E-state index contributed by atoms with van der Waals surface area (Å²) < 4.78 is 37.7. The Labute approximate surface area is 140 Å². The van der Waals surface area contributed by atoms with Crippen LogP contribution in [0, 0.1) is 0 Å². The molecular formula is C18H23F3N2O. The van der Waals surface area contributed by atoms with Crippen LogP contribution in [0.25, 0.3) is 0 Å². The van der Waals surface area contributed by atoms with Crippen molar-refractivity contribution < 1.29 is 18.0 Å². The fraction of sp³-hybridized carbons (Fsp3) is 0.611. The predicted molar refractivity (Wildman–Crippen MR) is 85.8 cm³/mol. The SMILES string of the molecule is O=C(NC1CCN(C2CCCC2)CC1)c1ccc(C(F)(F)F)cc1. The van der Waals surface area contributed by atoms with Gasteiger partial charge in [-0.05, 0) is 49.9 Å². The minimum absolute atomic E-state index is 0.109. The number of nitrogens with zero attached hydrogens (tertiary/aromatic N) is 1. The van der Waals surface area contributed by atoms with Gasteiger partial charge in [-0.25, -0.2) is 0 Å². The van der Waals surface area contributed by atoms with Crippen LogP contribution in [0.3, 0.4) is 0 Å². The van der Waals surface area contributed by atoms with Crippen molar-refractivity contribution in [2.45, 2.75) is 56.8 Å². The third-order valence-corrected chi connectivity index (χ3v) is 5.18. The molecular weight excluding hydrogens is 317 g/mol. The molecule has 0 atom stereocenters. The molecule has 0 unspecified atom stereocenters. The number of rotatable bonds is 3. The second-order valence-corrected chi connectivity index (χ2v) is 6.80. The third kappa shape index (κ3) is 4.09. The average molecular weight is 340 g/mol. The minimum atomic E-state index is -4.37. The van der Waals surface area contributed by atoms with Crippen LogP contribution in [0.5, 0.6) is 0 Å². The van der Waals surface area contributed by atoms with E-state index in [1.807, 2.05) is 0 Å². The standard InChI is InChI=1S/C18H23F3N2O/c19-18(20,21)14-7-5-13(6-8-14)17(24)22-15-9-11-23(12-10-15)16-3-1-2-4-16/h5-8,15-16H,1-4,9-12H2,(H,22,24). The molecule has 1 N–H and O–H groups in total. The Morgan fingerprint density at radius 1 is 1.00 bits per heavy atom. The normalized spacial score (nSPS) is 21.1. The summed E-state index contributed by atoms with van der Waals surface area (Å²) >= 11 is 0. The quantitative estimate of drug-likeness (QED) is 0.907. The molecule has 132 valence electrons. The number of nitrogens with one attached hydrogen (secondary N) is 1. The van der Waals surface area contributed by atoms with Crippen LogP contribution < -0.4 is 5.32 Å². The summed E-state index contributed by atoms with van der Waals surface area (Å²) in [5.74, 6) is -0.289. The van der Waals surface area contributed by atoms with Crippen molar-refractivity contribution in [2.75, 3.05) is 13.1 Å². The van der Waals surface area contributed by atoms with Crippen molar-refractivity contribution in [3.8, 4) is 0 Å². The van der Waals surface area contributed by atoms with E-state index in [-0.39, 0.29) is 17.5 Å². The van der Waals surface area contributed by atoms with Gasteiger partial charge in [0, 0.05) is 30.7 Å². The van der Waals surface area contributed by atoms with Gasteiger partial charge >= 0.3 is 6.18 Å². The van der Waals surface area contributed by atoms with Gasteiger partial charge in [-0.2, -0.15) is 13.2 Å². The highest BCUT2D eigenvalue weighted by Gasteiger charge is 2.31. The number of carbonyl (C=O) groups excluding carboxylic acids is 1. The van der Waals surface area contributed by atoms with Gasteiger partial charge in [0.15, 0.2) is 0 Å². The predicted octanol–water partition coefficient (Wildman–Crippen LogP) is 3.84. The number of piperidine rings is 1. The van der Waals surface area contributed by atoms with Gasteiger partial charge in [-0.1, -0.05) is 12.8 Å². The number of benzene rings is 1. The topological polar surface area (TPSA) is 32.3 Å². The highest BCUT2D eigenvalue weighted by Crippen LogP contribution is 2.29. The first-order valence-corrected chi connectivity index (χ1v) is 8.65. The van der Waals surface area contributed by atoms with Crippen molar-refractivity contribution in [3.63, 3.8) is 0 Å². The van der Waals surface area contributed by atoms with Gasteiger partial charge in [0.2, 0.25) is 0 Å². The summed E-state index contributed by atoms with van der Waals surface area (Å²) in [6.07, 6.45) is 2.63. The Morgan fingerprint density at radius 3 is 2.12 bits per heavy atom. The lowest BCUT2D eigenvalue weighted by atomic mass is 10.0. The number of amides is 1. The van der Waals surface area contributed by atoms with E-state index < -0.39 is 11.7 Å². The number of likely N-dealkylation sites (tertiary alicyclic amines) is 1. The van der Waals surface area contributed by atoms with Gasteiger partial charge in [0.1, 0.15) is 0 Å². The Hall–Kier alpha value is -1.56. The van der Waals surface area contributed by atoms with Crippen molar-refractivity contribution in [1.29, 1.82) is 0 Å². The molecule has 2 aliphatic rings. The maximum absolute atomic E-state index is 12.6. The van der Waals surface area contributed by atoms with Crippen molar-refractivity contribution in [3.05, 3.63) is 35.4 Å². The maximum Gasteiger partial charge on any atom is 0.416 e. The van der Waals surface area contributed by atoms with Crippen molar-refractivity contribution in [2.24, 2.45) is 0 Å². The zero-order valence-corrected chi connectivity index (χ0v) is 13.6. The fourth-order valence-electron chi connectivity index (χ4n) is 3.76. The van der Waals surface area contributed by atoms with Crippen LogP contribution >= 0.6 is 0 Å². The molecule has 1 aliphatic carbocycles. The molecule has 6 heteroatoms. The van der Waals surface area contributed by atoms with Gasteiger partial charge in [0.05, 0.1) is 5.56 Å². The molecule has 0 spiro atoms. The number of hydrogen-bond donors (Lipinski definition) is 1. The van der Waals surface area contributed by atoms with E-state index in [1.165, 1.54) is 37.8 Å². The molecule has 3 rings (SSSR count). The first-order valence-electron chi connectivity index (χ1n) is 8.65. The summed E-state index contributed by atoms with van der Waals surface area (Å²) in [4.78, 5) is 14.7. The number of alkyl halides is 3. The monoisotopic (exact) mass is 340 g/mol. The Kier molecular flexibility index (Phi) is 5.13. The smallest absolute Gasteiger partial charge is 0.349 e. The zero-order chi connectivity index (χ0) is 17.2. The van der Waals surface area contributed by atoms with Crippen molar-refractivity contribution >= 4 is 5.91 Å². The lowest BCUT2D eigenvalue weighted by Gasteiger charge is -2.36. The zero-order valence-electron chi connectivity index (χ0n) is 13.6. The first kappa shape index (κ1) is 17.3. The molecule has 2 fully saturated rings. The van der Waals surface area contributed by atoms with E-state index in [9.17, 15) is 18.0 Å². The lowest BCUT2D eigenvalue weighted by molar-refractivity contribution is -0.137. The Bertz CT molecular complexity index is 557. The molecule has 1 saturated heterocycles. The van der Waals surface area contributed by atoms with Crippen LogP contribution in [-0.4, -0.2) is 36.0 Å². The second kappa shape index (κ2) is 7.13. The highest BCUT2D eigenvalue weighted by molar-refractivity contribution is 5.94. The van der Waals surface area contributed by atoms with Crippen LogP contribution in [0.15, 0.2) is 24.3 Å². The van der Waals surface area contributed by atoms with Crippen LogP contribution in [0.4, 0.5) is 13.2 Å². The van der Waals surface area contributed by atoms with E-state index >= 15 is 0 Å². The molecule has 1 heterocycles. The molecule has 1 amide bonds. The molecule has 1 saturated carbocycles. The summed E-state index contributed by atoms with van der Waals surface area (Å²) in [7, 11) is 0. The van der Waals surface area contributed by atoms with E-state index in [4.69, 9.17) is 0 Å². The lowest BCUT2D eigenvalue weighted by Crippen LogP contribution is -2.47. The van der Waals surface area contributed by atoms with Gasteiger partial charge in [-0.15, -0.1) is 0 Å². The molecule has 0 aromatic heterocycles. The molecule has 1 aliphatic heterocycles. The summed E-state index contributed by atoms with van der Waals surface area (Å²) in [5.41, 5.74) is -0.454. The van der Waals surface area contributed by atoms with Crippen LogP contribution in [0.1, 0.15) is 54.4 Å². The van der Waals surface area contributed by atoms with E-state index in [2.05, 4.69) is 10.2 Å². The van der Waals surface area contributed by atoms with Crippen LogP contribution in [0.2, 0.25) is 0 Å². The van der Waals surface area contributed by atoms with Gasteiger partial charge in [0.25, 0.3) is 5.91 Å². The summed E-state index contributed by atoms with van der Waals surface area (Å²) in [6.45, 7) is 1.98. The molecule has 1 aromatic rings. The van der Waals surface area contributed by atoms with Gasteiger partial charge < -0.3 is 10.2 Å². The summed E-state index contributed by atoms with van der Waals surface area (Å²) in [6, 6.07) is 5.21. The number of carbonyl (C=O) groups is 1. The first-order chi connectivity index (χ1) is 11.4. The van der Waals surface area contributed by atoms with E-state index in [1.54, 1.807) is 0 Å². The molecule has 3 nitrogen and oxygen atoms in total. The van der Waals surface area contributed by atoms with Crippen LogP contribution in [-0.2, 0) is 6.18 Å². The molecule has 0 bridgehead atoms. The van der Waals surface area contributed by atoms with E-state index in [0.717, 1.165) is 38.1 Å². The Balaban J connectivity index is 1.50. The van der Waals surface area contributed by atoms with Crippen molar-refractivity contribution in [1.82, 2.24) is 10.2 Å². The largest absolute Gasteiger partial charge is 0.416 e. The third-order valence-electron chi connectivity index (χ3n) is 5.18. The summed E-state index contributed by atoms with van der Waals surface area (Å²) in [5, 5.41) is 2.96. The van der Waals surface area contributed by atoms with Gasteiger partial charge in [-0.3, -0.25) is 4.79 Å². The molecule has 0 radical (unpaired) electrons. The number of halogens is 3. The van der Waals surface area contributed by atoms with E-state index in [0.29, 0.717) is 6.04 Å². The Morgan fingerprint density at radius 2 is 1.58 bits per heavy atom. The minimum Gasteiger partial charge on any atom is -0.349 e. The average Bonchev–Trinajstić information content (AvgIpc) is 3.09. The molecule has 1 aromatic carbocycles. The fourth-order valence-corrected chi connectivity index (χ4v) is 3.76. The maximum atomic E-state index is 12.6. The second-order valence-electron chi connectivity index (χ2n) is 6.80. The molecule has 24 heavy (non-hydrogen) atoms. The number of hydrogen-bond acceptors (Lipinski definition) is 2.